The Morgan fingerprint density at radius 2 is 2.09 bits per heavy atom. The first kappa shape index (κ1) is 14.7. The number of amides is 1. The van der Waals surface area contributed by atoms with Gasteiger partial charge in [0.25, 0.3) is 5.91 Å². The van der Waals surface area contributed by atoms with Gasteiger partial charge in [-0.2, -0.15) is 5.10 Å². The zero-order valence-corrected chi connectivity index (χ0v) is 12.6. The van der Waals surface area contributed by atoms with Crippen molar-refractivity contribution in [2.75, 3.05) is 7.11 Å². The maximum atomic E-state index is 12.3. The Morgan fingerprint density at radius 1 is 1.27 bits per heavy atom. The summed E-state index contributed by atoms with van der Waals surface area (Å²) in [6.07, 6.45) is 5.92. The van der Waals surface area contributed by atoms with Gasteiger partial charge in [-0.3, -0.25) is 14.9 Å². The van der Waals surface area contributed by atoms with E-state index in [4.69, 9.17) is 4.74 Å². The van der Waals surface area contributed by atoms with Crippen molar-refractivity contribution in [2.45, 2.75) is 37.8 Å². The van der Waals surface area contributed by atoms with E-state index in [-0.39, 0.29) is 11.9 Å². The number of hydrogen-bond donors (Lipinski definition) is 2. The van der Waals surface area contributed by atoms with Crippen molar-refractivity contribution in [2.24, 2.45) is 0 Å². The quantitative estimate of drug-likeness (QED) is 0.906. The van der Waals surface area contributed by atoms with E-state index in [1.54, 1.807) is 19.4 Å². The molecule has 2 N–H and O–H groups in total. The summed E-state index contributed by atoms with van der Waals surface area (Å²) in [6, 6.07) is 7.55. The van der Waals surface area contributed by atoms with E-state index in [0.29, 0.717) is 17.5 Å². The molecule has 1 aliphatic rings. The van der Waals surface area contributed by atoms with Crippen molar-refractivity contribution in [1.82, 2.24) is 20.5 Å². The van der Waals surface area contributed by atoms with Gasteiger partial charge >= 0.3 is 0 Å². The van der Waals surface area contributed by atoms with Crippen molar-refractivity contribution >= 4 is 5.91 Å². The van der Waals surface area contributed by atoms with Crippen LogP contribution in [0, 0.1) is 0 Å². The van der Waals surface area contributed by atoms with Crippen LogP contribution in [0.25, 0.3) is 11.4 Å². The third-order valence-corrected chi connectivity index (χ3v) is 4.09. The molecule has 2 aromatic rings. The minimum Gasteiger partial charge on any atom is -0.381 e. The molecule has 1 fully saturated rings. The lowest BCUT2D eigenvalue weighted by Crippen LogP contribution is -2.39. The maximum absolute atomic E-state index is 12.3. The molecule has 22 heavy (non-hydrogen) atoms. The van der Waals surface area contributed by atoms with Crippen LogP contribution in [-0.4, -0.2) is 40.3 Å². The van der Waals surface area contributed by atoms with Gasteiger partial charge in [0.05, 0.1) is 11.8 Å². The molecular weight excluding hydrogens is 280 g/mol. The van der Waals surface area contributed by atoms with Crippen LogP contribution in [0.5, 0.6) is 0 Å². The highest BCUT2D eigenvalue weighted by atomic mass is 16.5. The summed E-state index contributed by atoms with van der Waals surface area (Å²) in [4.78, 5) is 16.5. The molecule has 0 radical (unpaired) electrons. The van der Waals surface area contributed by atoms with Gasteiger partial charge in [0.15, 0.2) is 0 Å². The molecule has 0 bridgehead atoms. The number of aromatic nitrogens is 3. The molecular formula is C16H20N4O2. The Balaban J connectivity index is 1.60. The first-order valence-electron chi connectivity index (χ1n) is 7.56. The largest absolute Gasteiger partial charge is 0.381 e. The first-order chi connectivity index (χ1) is 10.8. The fourth-order valence-corrected chi connectivity index (χ4v) is 2.79. The molecule has 0 atom stereocenters. The minimum atomic E-state index is -0.115. The molecule has 0 spiro atoms. The summed E-state index contributed by atoms with van der Waals surface area (Å²) in [7, 11) is 1.74. The molecule has 2 aromatic heterocycles. The Kier molecular flexibility index (Phi) is 4.48. The van der Waals surface area contributed by atoms with E-state index in [2.05, 4.69) is 20.5 Å². The molecule has 0 unspecified atom stereocenters. The van der Waals surface area contributed by atoms with Crippen LogP contribution in [0.1, 0.15) is 36.2 Å². The number of pyridine rings is 1. The fraction of sp³-hybridized carbons (Fsp3) is 0.438. The van der Waals surface area contributed by atoms with Gasteiger partial charge in [-0.1, -0.05) is 6.07 Å². The molecule has 1 amide bonds. The molecule has 1 saturated carbocycles. The van der Waals surface area contributed by atoms with Gasteiger partial charge in [0.2, 0.25) is 0 Å². The highest BCUT2D eigenvalue weighted by molar-refractivity contribution is 5.93. The van der Waals surface area contributed by atoms with Crippen LogP contribution >= 0.6 is 0 Å². The van der Waals surface area contributed by atoms with E-state index in [1.807, 2.05) is 18.2 Å². The van der Waals surface area contributed by atoms with Crippen LogP contribution in [0.3, 0.4) is 0 Å². The van der Waals surface area contributed by atoms with Crippen LogP contribution < -0.4 is 5.32 Å². The molecule has 6 nitrogen and oxygen atoms in total. The molecule has 0 aliphatic heterocycles. The van der Waals surface area contributed by atoms with Crippen LogP contribution in [0.15, 0.2) is 30.5 Å². The van der Waals surface area contributed by atoms with Gasteiger partial charge in [0.1, 0.15) is 11.4 Å². The minimum absolute atomic E-state index is 0.115. The molecule has 0 saturated heterocycles. The third-order valence-electron chi connectivity index (χ3n) is 4.09. The van der Waals surface area contributed by atoms with Gasteiger partial charge in [0, 0.05) is 19.3 Å². The van der Waals surface area contributed by atoms with Crippen molar-refractivity contribution < 1.29 is 9.53 Å². The predicted octanol–water partition coefficient (Wildman–Crippen LogP) is 2.16. The third kappa shape index (κ3) is 3.33. The molecule has 1 aliphatic carbocycles. The second kappa shape index (κ2) is 6.70. The van der Waals surface area contributed by atoms with Crippen LogP contribution in [-0.2, 0) is 4.74 Å². The molecule has 6 heteroatoms. The number of nitrogens with one attached hydrogen (secondary N) is 2. The predicted molar refractivity (Wildman–Crippen MR) is 82.3 cm³/mol. The lowest BCUT2D eigenvalue weighted by Gasteiger charge is -2.27. The smallest absolute Gasteiger partial charge is 0.269 e. The fourth-order valence-electron chi connectivity index (χ4n) is 2.79. The summed E-state index contributed by atoms with van der Waals surface area (Å²) in [6.45, 7) is 0. The zero-order valence-electron chi connectivity index (χ0n) is 12.6. The highest BCUT2D eigenvalue weighted by Crippen LogP contribution is 2.21. The Bertz CT molecular complexity index is 618. The zero-order chi connectivity index (χ0) is 15.4. The van der Waals surface area contributed by atoms with E-state index >= 15 is 0 Å². The summed E-state index contributed by atoms with van der Waals surface area (Å²) in [5, 5.41) is 10.0. The Hall–Kier alpha value is -2.21. The number of H-pyrrole nitrogens is 1. The number of methoxy groups -OCH3 is 1. The second-order valence-electron chi connectivity index (χ2n) is 5.56. The number of carbonyl (C=O) groups is 1. The van der Waals surface area contributed by atoms with Crippen molar-refractivity contribution in [3.63, 3.8) is 0 Å². The maximum Gasteiger partial charge on any atom is 0.269 e. The normalized spacial score (nSPS) is 21.5. The van der Waals surface area contributed by atoms with Crippen LogP contribution in [0.4, 0.5) is 0 Å². The summed E-state index contributed by atoms with van der Waals surface area (Å²) >= 11 is 0. The monoisotopic (exact) mass is 300 g/mol. The van der Waals surface area contributed by atoms with Gasteiger partial charge in [-0.15, -0.1) is 0 Å². The van der Waals surface area contributed by atoms with E-state index in [1.165, 1.54) is 0 Å². The number of rotatable bonds is 4. The van der Waals surface area contributed by atoms with Gasteiger partial charge in [-0.25, -0.2) is 0 Å². The average Bonchev–Trinajstić information content (AvgIpc) is 3.06. The molecule has 3 rings (SSSR count). The lowest BCUT2D eigenvalue weighted by atomic mass is 9.93. The van der Waals surface area contributed by atoms with Crippen molar-refractivity contribution in [1.29, 1.82) is 0 Å². The number of ether oxygens (including phenoxy) is 1. The summed E-state index contributed by atoms with van der Waals surface area (Å²) in [5.41, 5.74) is 1.89. The second-order valence-corrected chi connectivity index (χ2v) is 5.56. The summed E-state index contributed by atoms with van der Waals surface area (Å²) in [5.74, 6) is -0.115. The van der Waals surface area contributed by atoms with Crippen LogP contribution in [0.2, 0.25) is 0 Å². The Labute approximate surface area is 129 Å². The standard InChI is InChI=1S/C16H20N4O2/c1-22-12-7-5-11(6-8-12)18-16(21)15-10-14(19-20-15)13-4-2-3-9-17-13/h2-4,9-12H,5-8H2,1H3,(H,18,21)(H,19,20). The van der Waals surface area contributed by atoms with E-state index in [0.717, 1.165) is 31.4 Å². The lowest BCUT2D eigenvalue weighted by molar-refractivity contribution is 0.0598. The number of aromatic amines is 1. The van der Waals surface area contributed by atoms with Gasteiger partial charge < -0.3 is 10.1 Å². The summed E-state index contributed by atoms with van der Waals surface area (Å²) < 4.78 is 5.35. The first-order valence-corrected chi connectivity index (χ1v) is 7.56. The number of nitrogens with zero attached hydrogens (tertiary/aromatic N) is 2. The molecule has 116 valence electrons. The SMILES string of the molecule is COC1CCC(NC(=O)c2cc(-c3ccccn3)n[nH]2)CC1. The van der Waals surface area contributed by atoms with Crippen molar-refractivity contribution in [3.05, 3.63) is 36.2 Å². The molecule has 0 aromatic carbocycles. The van der Waals surface area contributed by atoms with Gasteiger partial charge in [-0.05, 0) is 43.9 Å². The Morgan fingerprint density at radius 3 is 2.77 bits per heavy atom. The number of carbonyl (C=O) groups excluding carboxylic acids is 1. The van der Waals surface area contributed by atoms with E-state index in [9.17, 15) is 4.79 Å². The number of hydrogen-bond acceptors (Lipinski definition) is 4. The topological polar surface area (TPSA) is 79.9 Å². The molecule has 2 heterocycles. The van der Waals surface area contributed by atoms with E-state index < -0.39 is 0 Å². The van der Waals surface area contributed by atoms with Crippen molar-refractivity contribution in [3.8, 4) is 11.4 Å². The highest BCUT2D eigenvalue weighted by Gasteiger charge is 2.23. The average molecular weight is 300 g/mol.